The molecule has 1 fully saturated rings. The van der Waals surface area contributed by atoms with Gasteiger partial charge in [-0.3, -0.25) is 9.59 Å². The molecular weight excluding hydrogens is 286 g/mol. The molecule has 1 aliphatic carbocycles. The number of hydrogen-bond acceptors (Lipinski definition) is 4. The van der Waals surface area contributed by atoms with Crippen molar-refractivity contribution in [1.29, 1.82) is 0 Å². The van der Waals surface area contributed by atoms with Gasteiger partial charge in [-0.25, -0.2) is 4.98 Å². The summed E-state index contributed by atoms with van der Waals surface area (Å²) in [6, 6.07) is 0. The molecule has 1 aromatic heterocycles. The van der Waals surface area contributed by atoms with Crippen LogP contribution in [-0.4, -0.2) is 16.8 Å². The van der Waals surface area contributed by atoms with Crippen LogP contribution in [0.4, 0.5) is 5.13 Å². The van der Waals surface area contributed by atoms with E-state index in [1.807, 2.05) is 0 Å². The first-order valence-corrected chi connectivity index (χ1v) is 8.45. The first-order valence-electron chi connectivity index (χ1n) is 7.57. The van der Waals surface area contributed by atoms with Gasteiger partial charge in [-0.05, 0) is 11.8 Å². The number of hydrogen-bond donors (Lipinski definition) is 2. The van der Waals surface area contributed by atoms with Gasteiger partial charge in [0.05, 0.1) is 12.1 Å². The average Bonchev–Trinajstić information content (AvgIpc) is 2.85. The smallest absolute Gasteiger partial charge is 0.226 e. The molecule has 0 radical (unpaired) electrons. The number of carbonyl (C=O) groups excluding carboxylic acids is 2. The highest BCUT2D eigenvalue weighted by molar-refractivity contribution is 7.13. The van der Waals surface area contributed by atoms with Crippen LogP contribution in [0.5, 0.6) is 0 Å². The van der Waals surface area contributed by atoms with Crippen molar-refractivity contribution >= 4 is 28.3 Å². The zero-order valence-corrected chi connectivity index (χ0v) is 13.2. The van der Waals surface area contributed by atoms with Crippen molar-refractivity contribution in [2.45, 2.75) is 51.9 Å². The Morgan fingerprint density at radius 2 is 2.14 bits per heavy atom. The first-order chi connectivity index (χ1) is 10.0. The van der Waals surface area contributed by atoms with Crippen LogP contribution in [0.25, 0.3) is 0 Å². The highest BCUT2D eigenvalue weighted by atomic mass is 32.1. The lowest BCUT2D eigenvalue weighted by Gasteiger charge is -2.27. The number of nitrogens with zero attached hydrogens (tertiary/aromatic N) is 1. The molecule has 0 unspecified atom stereocenters. The summed E-state index contributed by atoms with van der Waals surface area (Å²) in [5.74, 6) is 0.679. The number of carbonyl (C=O) groups is 2. The molecule has 0 aliphatic heterocycles. The SMILES string of the molecule is C[C@H](CC(=O)Nc1nc(CC(N)=O)cs1)C1CCCCC1. The molecule has 2 rings (SSSR count). The van der Waals surface area contributed by atoms with Gasteiger partial charge in [0.15, 0.2) is 5.13 Å². The Kier molecular flexibility index (Phi) is 5.73. The number of thiazole rings is 1. The van der Waals surface area contributed by atoms with Crippen LogP contribution in [-0.2, 0) is 16.0 Å². The molecule has 1 heterocycles. The van der Waals surface area contributed by atoms with Crippen molar-refractivity contribution in [3.8, 4) is 0 Å². The molecule has 1 atom stereocenters. The fourth-order valence-electron chi connectivity index (χ4n) is 2.96. The molecule has 6 heteroatoms. The molecule has 1 aromatic rings. The van der Waals surface area contributed by atoms with E-state index in [1.54, 1.807) is 5.38 Å². The van der Waals surface area contributed by atoms with Crippen molar-refractivity contribution in [2.75, 3.05) is 5.32 Å². The summed E-state index contributed by atoms with van der Waals surface area (Å²) >= 11 is 1.33. The third kappa shape index (κ3) is 5.12. The molecule has 0 saturated heterocycles. The quantitative estimate of drug-likeness (QED) is 0.847. The standard InChI is InChI=1S/C15H23N3O2S/c1-10(11-5-3-2-4-6-11)7-14(20)18-15-17-12(9-21-15)8-13(16)19/h9-11H,2-8H2,1H3,(H2,16,19)(H,17,18,20)/t10-/m1/s1. The van der Waals surface area contributed by atoms with Gasteiger partial charge in [0.1, 0.15) is 0 Å². The Morgan fingerprint density at radius 1 is 1.43 bits per heavy atom. The number of amides is 2. The molecule has 0 spiro atoms. The topological polar surface area (TPSA) is 85.1 Å². The Bertz CT molecular complexity index is 495. The summed E-state index contributed by atoms with van der Waals surface area (Å²) in [5, 5.41) is 5.13. The maximum atomic E-state index is 12.1. The maximum absolute atomic E-state index is 12.1. The average molecular weight is 309 g/mol. The van der Waals surface area contributed by atoms with Gasteiger partial charge in [-0.1, -0.05) is 39.0 Å². The number of primary amides is 1. The van der Waals surface area contributed by atoms with E-state index in [4.69, 9.17) is 5.73 Å². The fourth-order valence-corrected chi connectivity index (χ4v) is 3.68. The van der Waals surface area contributed by atoms with Crippen LogP contribution in [0.15, 0.2) is 5.38 Å². The number of nitrogens with one attached hydrogen (secondary N) is 1. The van der Waals surface area contributed by atoms with Gasteiger partial charge < -0.3 is 11.1 Å². The van der Waals surface area contributed by atoms with Crippen molar-refractivity contribution in [1.82, 2.24) is 4.98 Å². The third-order valence-electron chi connectivity index (χ3n) is 4.12. The van der Waals surface area contributed by atoms with Gasteiger partial charge in [-0.15, -0.1) is 11.3 Å². The van der Waals surface area contributed by atoms with E-state index in [0.29, 0.717) is 29.1 Å². The molecule has 21 heavy (non-hydrogen) atoms. The summed E-state index contributed by atoms with van der Waals surface area (Å²) in [4.78, 5) is 27.1. The van der Waals surface area contributed by atoms with E-state index in [-0.39, 0.29) is 12.3 Å². The Morgan fingerprint density at radius 3 is 2.81 bits per heavy atom. The molecule has 1 saturated carbocycles. The molecule has 1 aliphatic rings. The second kappa shape index (κ2) is 7.54. The van der Waals surface area contributed by atoms with Crippen LogP contribution >= 0.6 is 11.3 Å². The Labute approximate surface area is 129 Å². The predicted octanol–water partition coefficient (Wildman–Crippen LogP) is 2.72. The molecule has 0 bridgehead atoms. The lowest BCUT2D eigenvalue weighted by molar-refractivity contribution is -0.118. The first kappa shape index (κ1) is 15.9. The van der Waals surface area contributed by atoms with Gasteiger partial charge in [0.25, 0.3) is 0 Å². The largest absolute Gasteiger partial charge is 0.369 e. The minimum atomic E-state index is -0.413. The summed E-state index contributed by atoms with van der Waals surface area (Å²) in [6.45, 7) is 2.16. The Hall–Kier alpha value is -1.43. The second-order valence-electron chi connectivity index (χ2n) is 5.91. The number of aromatic nitrogens is 1. The number of anilines is 1. The minimum Gasteiger partial charge on any atom is -0.369 e. The summed E-state index contributed by atoms with van der Waals surface area (Å²) in [6.07, 6.45) is 7.06. The van der Waals surface area contributed by atoms with Gasteiger partial charge in [-0.2, -0.15) is 0 Å². The fraction of sp³-hybridized carbons (Fsp3) is 0.667. The molecule has 2 amide bonds. The van der Waals surface area contributed by atoms with E-state index < -0.39 is 5.91 Å². The monoisotopic (exact) mass is 309 g/mol. The van der Waals surface area contributed by atoms with Crippen LogP contribution in [0.2, 0.25) is 0 Å². The second-order valence-corrected chi connectivity index (χ2v) is 6.77. The summed E-state index contributed by atoms with van der Waals surface area (Å²) in [5.41, 5.74) is 5.74. The van der Waals surface area contributed by atoms with E-state index in [0.717, 1.165) is 0 Å². The highest BCUT2D eigenvalue weighted by Crippen LogP contribution is 2.31. The normalized spacial score (nSPS) is 17.4. The lowest BCUT2D eigenvalue weighted by atomic mass is 9.79. The highest BCUT2D eigenvalue weighted by Gasteiger charge is 2.22. The predicted molar refractivity (Wildman–Crippen MR) is 84.0 cm³/mol. The van der Waals surface area contributed by atoms with Crippen LogP contribution in [0.3, 0.4) is 0 Å². The van der Waals surface area contributed by atoms with Crippen molar-refractivity contribution in [3.05, 3.63) is 11.1 Å². The minimum absolute atomic E-state index is 0.00745. The third-order valence-corrected chi connectivity index (χ3v) is 4.92. The Balaban J connectivity index is 1.80. The molecule has 0 aromatic carbocycles. The zero-order chi connectivity index (χ0) is 15.2. The van der Waals surface area contributed by atoms with Gasteiger partial charge in [0, 0.05) is 11.8 Å². The van der Waals surface area contributed by atoms with E-state index >= 15 is 0 Å². The van der Waals surface area contributed by atoms with Crippen molar-refractivity contribution < 1.29 is 9.59 Å². The van der Waals surface area contributed by atoms with E-state index in [1.165, 1.54) is 43.4 Å². The lowest BCUT2D eigenvalue weighted by Crippen LogP contribution is -2.22. The van der Waals surface area contributed by atoms with Crippen molar-refractivity contribution in [3.63, 3.8) is 0 Å². The number of rotatable bonds is 6. The summed E-state index contributed by atoms with van der Waals surface area (Å²) < 4.78 is 0. The van der Waals surface area contributed by atoms with E-state index in [9.17, 15) is 9.59 Å². The van der Waals surface area contributed by atoms with Gasteiger partial charge >= 0.3 is 0 Å². The molecular formula is C15H23N3O2S. The van der Waals surface area contributed by atoms with Crippen molar-refractivity contribution in [2.24, 2.45) is 17.6 Å². The maximum Gasteiger partial charge on any atom is 0.226 e. The molecule has 116 valence electrons. The van der Waals surface area contributed by atoms with E-state index in [2.05, 4.69) is 17.2 Å². The molecule has 3 N–H and O–H groups in total. The van der Waals surface area contributed by atoms with Crippen LogP contribution in [0, 0.1) is 11.8 Å². The van der Waals surface area contributed by atoms with Crippen LogP contribution < -0.4 is 11.1 Å². The number of nitrogens with two attached hydrogens (primary N) is 1. The zero-order valence-electron chi connectivity index (χ0n) is 12.4. The summed E-state index contributed by atoms with van der Waals surface area (Å²) in [7, 11) is 0. The van der Waals surface area contributed by atoms with Crippen LogP contribution in [0.1, 0.15) is 51.1 Å². The van der Waals surface area contributed by atoms with Gasteiger partial charge in [0.2, 0.25) is 11.8 Å². The molecule has 5 nitrogen and oxygen atoms in total.